The van der Waals surface area contributed by atoms with Crippen LogP contribution in [0.2, 0.25) is 0 Å². The van der Waals surface area contributed by atoms with Crippen LogP contribution in [-0.2, 0) is 21.4 Å². The van der Waals surface area contributed by atoms with Crippen LogP contribution in [0.3, 0.4) is 0 Å². The van der Waals surface area contributed by atoms with E-state index in [0.29, 0.717) is 36.8 Å². The van der Waals surface area contributed by atoms with Gasteiger partial charge in [0.15, 0.2) is 0 Å². The first-order chi connectivity index (χ1) is 11.5. The molecule has 1 aliphatic heterocycles. The second-order valence-corrected chi connectivity index (χ2v) is 8.86. The normalized spacial score (nSPS) is 17.0. The van der Waals surface area contributed by atoms with Crippen molar-refractivity contribution in [2.45, 2.75) is 24.1 Å². The van der Waals surface area contributed by atoms with Crippen LogP contribution in [0.4, 0.5) is 0 Å². The van der Waals surface area contributed by atoms with Crippen LogP contribution >= 0.6 is 11.3 Å². The Morgan fingerprint density at radius 2 is 2.12 bits per heavy atom. The van der Waals surface area contributed by atoms with Gasteiger partial charge in [-0.3, -0.25) is 9.48 Å². The van der Waals surface area contributed by atoms with E-state index >= 15 is 0 Å². The smallest absolute Gasteiger partial charge is 0.252 e. The molecule has 3 rings (SSSR count). The van der Waals surface area contributed by atoms with Gasteiger partial charge >= 0.3 is 0 Å². The second-order valence-electron chi connectivity index (χ2n) is 5.79. The molecular weight excluding hydrogens is 348 g/mol. The molecule has 0 spiro atoms. The Morgan fingerprint density at radius 3 is 2.79 bits per heavy atom. The van der Waals surface area contributed by atoms with Gasteiger partial charge in [-0.25, -0.2) is 8.42 Å². The highest BCUT2D eigenvalue weighted by molar-refractivity contribution is 7.91. The Kier molecular flexibility index (Phi) is 5.02. The summed E-state index contributed by atoms with van der Waals surface area (Å²) in [7, 11) is -3.47. The molecule has 1 amide bonds. The lowest BCUT2D eigenvalue weighted by Crippen LogP contribution is -2.38. The summed E-state index contributed by atoms with van der Waals surface area (Å²) in [6.07, 6.45) is 4.01. The van der Waals surface area contributed by atoms with Crippen molar-refractivity contribution in [3.63, 3.8) is 0 Å². The maximum atomic E-state index is 12.7. The standard InChI is InChI=1S/C15H20N4O3S2/c1-13-10-15(23-12-13)24(21,22)19-7-3-5-17(8-9-19)14(20)11-18-6-2-4-16-18/h2,4,6,10,12H,3,5,7-9,11H2,1H3. The Hall–Kier alpha value is -1.71. The van der Waals surface area contributed by atoms with Crippen molar-refractivity contribution in [2.75, 3.05) is 26.2 Å². The lowest BCUT2D eigenvalue weighted by atomic mass is 10.4. The molecule has 0 saturated carbocycles. The van der Waals surface area contributed by atoms with Gasteiger partial charge in [0, 0.05) is 38.6 Å². The summed E-state index contributed by atoms with van der Waals surface area (Å²) in [5.41, 5.74) is 0.949. The zero-order chi connectivity index (χ0) is 17.2. The third-order valence-electron chi connectivity index (χ3n) is 3.96. The largest absolute Gasteiger partial charge is 0.340 e. The second kappa shape index (κ2) is 7.04. The van der Waals surface area contributed by atoms with Crippen molar-refractivity contribution in [3.8, 4) is 0 Å². The van der Waals surface area contributed by atoms with Crippen molar-refractivity contribution < 1.29 is 13.2 Å². The van der Waals surface area contributed by atoms with Gasteiger partial charge in [0.25, 0.3) is 10.0 Å². The Labute approximate surface area is 145 Å². The molecule has 1 aliphatic rings. The summed E-state index contributed by atoms with van der Waals surface area (Å²) in [4.78, 5) is 14.1. The summed E-state index contributed by atoms with van der Waals surface area (Å²) in [6, 6.07) is 3.47. The van der Waals surface area contributed by atoms with Gasteiger partial charge in [0.1, 0.15) is 10.8 Å². The SMILES string of the molecule is Cc1csc(S(=O)(=O)N2CCCN(C(=O)Cn3cccn3)CC2)c1. The molecule has 0 N–H and O–H groups in total. The van der Waals surface area contributed by atoms with E-state index in [0.717, 1.165) is 5.56 Å². The highest BCUT2D eigenvalue weighted by Gasteiger charge is 2.29. The number of thiophene rings is 1. The van der Waals surface area contributed by atoms with E-state index in [4.69, 9.17) is 0 Å². The molecule has 1 fully saturated rings. The van der Waals surface area contributed by atoms with Crippen LogP contribution in [0.25, 0.3) is 0 Å². The molecule has 0 aliphatic carbocycles. The topological polar surface area (TPSA) is 75.5 Å². The van der Waals surface area contributed by atoms with Crippen molar-refractivity contribution in [3.05, 3.63) is 35.5 Å². The number of carbonyl (C=O) groups excluding carboxylic acids is 1. The number of nitrogens with zero attached hydrogens (tertiary/aromatic N) is 4. The predicted molar refractivity (Wildman–Crippen MR) is 91.2 cm³/mol. The van der Waals surface area contributed by atoms with Gasteiger partial charge in [-0.15, -0.1) is 11.3 Å². The van der Waals surface area contributed by atoms with E-state index in [1.54, 1.807) is 34.1 Å². The van der Waals surface area contributed by atoms with Gasteiger partial charge in [-0.2, -0.15) is 9.40 Å². The molecule has 9 heteroatoms. The number of sulfonamides is 1. The van der Waals surface area contributed by atoms with Crippen LogP contribution in [0.1, 0.15) is 12.0 Å². The third-order valence-corrected chi connectivity index (χ3v) is 7.40. The van der Waals surface area contributed by atoms with E-state index in [-0.39, 0.29) is 12.5 Å². The molecule has 3 heterocycles. The number of carbonyl (C=O) groups is 1. The minimum Gasteiger partial charge on any atom is -0.340 e. The first kappa shape index (κ1) is 17.1. The van der Waals surface area contributed by atoms with Crippen LogP contribution in [0, 0.1) is 6.92 Å². The number of rotatable bonds is 4. The molecule has 0 radical (unpaired) electrons. The number of hydrogen-bond donors (Lipinski definition) is 0. The number of aromatic nitrogens is 2. The van der Waals surface area contributed by atoms with Crippen LogP contribution in [0.5, 0.6) is 0 Å². The average Bonchev–Trinajstić information content (AvgIpc) is 3.13. The van der Waals surface area contributed by atoms with E-state index in [9.17, 15) is 13.2 Å². The Bertz CT molecular complexity index is 799. The Morgan fingerprint density at radius 1 is 1.29 bits per heavy atom. The van der Waals surface area contributed by atoms with Crippen LogP contribution < -0.4 is 0 Å². The molecule has 0 bridgehead atoms. The number of amides is 1. The lowest BCUT2D eigenvalue weighted by Gasteiger charge is -2.21. The minimum absolute atomic E-state index is 0.0371. The highest BCUT2D eigenvalue weighted by atomic mass is 32.2. The first-order valence-corrected chi connectivity index (χ1v) is 10.1. The molecule has 2 aromatic rings. The van der Waals surface area contributed by atoms with E-state index in [1.165, 1.54) is 15.6 Å². The molecule has 24 heavy (non-hydrogen) atoms. The Balaban J connectivity index is 1.65. The number of aryl methyl sites for hydroxylation is 1. The van der Waals surface area contributed by atoms with Gasteiger partial charge in [0.2, 0.25) is 5.91 Å². The van der Waals surface area contributed by atoms with Crippen molar-refractivity contribution in [2.24, 2.45) is 0 Å². The van der Waals surface area contributed by atoms with Gasteiger partial charge in [0.05, 0.1) is 0 Å². The predicted octanol–water partition coefficient (Wildman–Crippen LogP) is 1.18. The van der Waals surface area contributed by atoms with E-state index < -0.39 is 10.0 Å². The van der Waals surface area contributed by atoms with E-state index in [1.807, 2.05) is 12.3 Å². The monoisotopic (exact) mass is 368 g/mol. The maximum Gasteiger partial charge on any atom is 0.252 e. The summed E-state index contributed by atoms with van der Waals surface area (Å²) in [5, 5.41) is 5.87. The quantitative estimate of drug-likeness (QED) is 0.812. The average molecular weight is 368 g/mol. The summed E-state index contributed by atoms with van der Waals surface area (Å²) in [5.74, 6) is -0.0371. The number of hydrogen-bond acceptors (Lipinski definition) is 5. The molecule has 1 saturated heterocycles. The van der Waals surface area contributed by atoms with Gasteiger partial charge in [-0.05, 0) is 36.4 Å². The lowest BCUT2D eigenvalue weighted by molar-refractivity contribution is -0.131. The first-order valence-electron chi connectivity index (χ1n) is 7.77. The molecule has 0 atom stereocenters. The van der Waals surface area contributed by atoms with Crippen molar-refractivity contribution in [1.29, 1.82) is 0 Å². The van der Waals surface area contributed by atoms with E-state index in [2.05, 4.69) is 5.10 Å². The molecular formula is C15H20N4O3S2. The highest BCUT2D eigenvalue weighted by Crippen LogP contribution is 2.24. The van der Waals surface area contributed by atoms with Gasteiger partial charge < -0.3 is 4.90 Å². The van der Waals surface area contributed by atoms with Gasteiger partial charge in [-0.1, -0.05) is 0 Å². The van der Waals surface area contributed by atoms with Crippen molar-refractivity contribution >= 4 is 27.3 Å². The minimum atomic E-state index is -3.47. The van der Waals surface area contributed by atoms with Crippen LogP contribution in [-0.4, -0.2) is 59.5 Å². The van der Waals surface area contributed by atoms with Crippen molar-refractivity contribution in [1.82, 2.24) is 19.0 Å². The van der Waals surface area contributed by atoms with Crippen LogP contribution in [0.15, 0.2) is 34.1 Å². The zero-order valence-corrected chi connectivity index (χ0v) is 15.1. The molecule has 0 aromatic carbocycles. The molecule has 7 nitrogen and oxygen atoms in total. The molecule has 0 unspecified atom stereocenters. The molecule has 130 valence electrons. The summed E-state index contributed by atoms with van der Waals surface area (Å²) >= 11 is 1.25. The fourth-order valence-electron chi connectivity index (χ4n) is 2.68. The zero-order valence-electron chi connectivity index (χ0n) is 13.5. The summed E-state index contributed by atoms with van der Waals surface area (Å²) < 4.78 is 28.8. The molecule has 2 aromatic heterocycles. The maximum absolute atomic E-state index is 12.7. The third kappa shape index (κ3) is 3.68. The summed E-state index contributed by atoms with van der Waals surface area (Å²) in [6.45, 7) is 3.80. The fourth-order valence-corrected chi connectivity index (χ4v) is 5.54. The fraction of sp³-hybridized carbons (Fsp3) is 0.467.